The Bertz CT molecular complexity index is 1660. The van der Waals surface area contributed by atoms with Crippen molar-refractivity contribution in [3.05, 3.63) is 85.1 Å². The van der Waals surface area contributed by atoms with Gasteiger partial charge in [-0.05, 0) is 70.6 Å². The number of unbranched alkanes of at least 4 members (excludes halogenated alkanes) is 25. The molecule has 0 radical (unpaired) electrons. The van der Waals surface area contributed by atoms with Crippen molar-refractivity contribution >= 4 is 5.91 Å². The lowest BCUT2D eigenvalue weighted by Gasteiger charge is -2.46. The van der Waals surface area contributed by atoms with E-state index in [0.717, 1.165) is 96.3 Å². The van der Waals surface area contributed by atoms with E-state index < -0.39 is 86.8 Å². The van der Waals surface area contributed by atoms with Crippen molar-refractivity contribution in [1.29, 1.82) is 0 Å². The molecular weight excluding hydrogens is 1010 g/mol. The van der Waals surface area contributed by atoms with Crippen LogP contribution in [0.5, 0.6) is 0 Å². The molecule has 462 valence electrons. The minimum Gasteiger partial charge on any atom is -0.394 e. The van der Waals surface area contributed by atoms with E-state index in [4.69, 9.17) is 18.9 Å². The van der Waals surface area contributed by atoms with Crippen molar-refractivity contribution in [3.8, 4) is 0 Å². The van der Waals surface area contributed by atoms with Gasteiger partial charge in [-0.1, -0.05) is 240 Å². The van der Waals surface area contributed by atoms with Crippen LogP contribution >= 0.6 is 0 Å². The maximum absolute atomic E-state index is 13.3. The second-order valence-electron chi connectivity index (χ2n) is 22.2. The lowest BCUT2D eigenvalue weighted by Crippen LogP contribution is -2.65. The quantitative estimate of drug-likeness (QED) is 0.0204. The van der Waals surface area contributed by atoms with Crippen LogP contribution in [0.3, 0.4) is 0 Å². The van der Waals surface area contributed by atoms with Crippen molar-refractivity contribution in [2.45, 2.75) is 306 Å². The highest BCUT2D eigenvalue weighted by atomic mass is 16.7. The van der Waals surface area contributed by atoms with Gasteiger partial charge < -0.3 is 65.1 Å². The first-order valence-corrected chi connectivity index (χ1v) is 31.8. The van der Waals surface area contributed by atoms with Crippen LogP contribution in [0.1, 0.15) is 232 Å². The Morgan fingerprint density at radius 2 is 0.863 bits per heavy atom. The average molecular weight is 1130 g/mol. The lowest BCUT2D eigenvalue weighted by molar-refractivity contribution is -0.359. The van der Waals surface area contributed by atoms with Gasteiger partial charge in [-0.15, -0.1) is 0 Å². The first-order valence-electron chi connectivity index (χ1n) is 31.8. The summed E-state index contributed by atoms with van der Waals surface area (Å²) in [4.78, 5) is 13.3. The summed E-state index contributed by atoms with van der Waals surface area (Å²) in [6.07, 6.45) is 51.8. The zero-order valence-electron chi connectivity index (χ0n) is 49.8. The van der Waals surface area contributed by atoms with Crippen LogP contribution in [0.2, 0.25) is 0 Å². The second-order valence-corrected chi connectivity index (χ2v) is 22.2. The predicted octanol–water partition coefficient (Wildman–Crippen LogP) is 11.7. The van der Waals surface area contributed by atoms with Crippen LogP contribution in [0, 0.1) is 0 Å². The maximum atomic E-state index is 13.3. The highest BCUT2D eigenvalue weighted by Crippen LogP contribution is 2.30. The number of hydrogen-bond donors (Lipinski definition) is 9. The number of hydrogen-bond acceptors (Lipinski definition) is 13. The Balaban J connectivity index is 1.76. The number of rotatable bonds is 50. The summed E-state index contributed by atoms with van der Waals surface area (Å²) in [5, 5.41) is 87.3. The zero-order chi connectivity index (χ0) is 58.1. The summed E-state index contributed by atoms with van der Waals surface area (Å²) in [5.74, 6) is -0.256. The summed E-state index contributed by atoms with van der Waals surface area (Å²) >= 11 is 0. The van der Waals surface area contributed by atoms with Crippen LogP contribution in [0.15, 0.2) is 85.1 Å². The Hall–Kier alpha value is -2.83. The number of nitrogens with one attached hydrogen (secondary N) is 1. The van der Waals surface area contributed by atoms with Gasteiger partial charge in [-0.3, -0.25) is 4.79 Å². The van der Waals surface area contributed by atoms with E-state index in [-0.39, 0.29) is 18.9 Å². The highest BCUT2D eigenvalue weighted by molar-refractivity contribution is 5.76. The molecule has 0 saturated carbocycles. The summed E-state index contributed by atoms with van der Waals surface area (Å²) in [6.45, 7) is 2.68. The molecule has 2 aliphatic rings. The smallest absolute Gasteiger partial charge is 0.220 e. The lowest BCUT2D eigenvalue weighted by atomic mass is 9.97. The summed E-state index contributed by atoms with van der Waals surface area (Å²) in [5.41, 5.74) is 0. The molecule has 80 heavy (non-hydrogen) atoms. The number of carbonyl (C=O) groups is 1. The summed E-state index contributed by atoms with van der Waals surface area (Å²) < 4.78 is 22.8. The molecule has 14 nitrogen and oxygen atoms in total. The Morgan fingerprint density at radius 1 is 0.463 bits per heavy atom. The van der Waals surface area contributed by atoms with Crippen LogP contribution in [-0.4, -0.2) is 140 Å². The summed E-state index contributed by atoms with van der Waals surface area (Å²) in [7, 11) is 0. The Morgan fingerprint density at radius 3 is 1.32 bits per heavy atom. The topological polar surface area (TPSA) is 228 Å². The van der Waals surface area contributed by atoms with Gasteiger partial charge in [0.1, 0.15) is 48.8 Å². The standard InChI is InChI=1S/C66H115NO13/c1-3-5-7-9-11-13-15-17-19-21-23-25-26-27-28-30-32-34-36-38-40-42-44-46-48-50-58(71)67-54(55(70)49-47-45-43-41-39-37-35-33-31-29-24-22-20-18-16-14-12-10-8-6-4-2)53-77-65-63(76)61(74)64(57(52-69)79-65)80-66-62(75)60(73)59(72)56(51-68)78-66/h5,7,11,13,17,19,23,25,27-28,32,34,47,49,54-57,59-66,68-70,72-76H,3-4,6,8-10,12,14-16,18,20-22,24,26,29-31,33,35-46,48,50-53H2,1-2H3,(H,67,71)/b7-5-,13-11-,19-17-,25-23-,28-27-,34-32-,49-47+. The van der Waals surface area contributed by atoms with Crippen molar-refractivity contribution in [3.63, 3.8) is 0 Å². The molecule has 9 N–H and O–H groups in total. The Kier molecular flexibility index (Phi) is 46.4. The molecule has 12 unspecified atom stereocenters. The summed E-state index contributed by atoms with van der Waals surface area (Å²) in [6, 6.07) is -0.929. The van der Waals surface area contributed by atoms with E-state index in [0.29, 0.717) is 6.42 Å². The second kappa shape index (κ2) is 50.7. The Labute approximate surface area is 484 Å². The minimum absolute atomic E-state index is 0.256. The van der Waals surface area contributed by atoms with E-state index in [1.54, 1.807) is 6.08 Å². The van der Waals surface area contributed by atoms with Crippen molar-refractivity contribution in [2.24, 2.45) is 0 Å². The fourth-order valence-corrected chi connectivity index (χ4v) is 10.0. The normalized spacial score (nSPS) is 24.8. The molecule has 1 amide bonds. The van der Waals surface area contributed by atoms with Crippen molar-refractivity contribution < 1.29 is 64.6 Å². The van der Waals surface area contributed by atoms with Crippen LogP contribution < -0.4 is 5.32 Å². The van der Waals surface area contributed by atoms with Gasteiger partial charge in [0.05, 0.1) is 32.0 Å². The van der Waals surface area contributed by atoms with E-state index in [2.05, 4.69) is 92.1 Å². The first-order chi connectivity index (χ1) is 39.1. The van der Waals surface area contributed by atoms with Gasteiger partial charge >= 0.3 is 0 Å². The highest BCUT2D eigenvalue weighted by Gasteiger charge is 2.51. The maximum Gasteiger partial charge on any atom is 0.220 e. The van der Waals surface area contributed by atoms with Gasteiger partial charge in [-0.2, -0.15) is 0 Å². The van der Waals surface area contributed by atoms with Crippen LogP contribution in [0.25, 0.3) is 0 Å². The number of aliphatic hydroxyl groups excluding tert-OH is 8. The van der Waals surface area contributed by atoms with Gasteiger partial charge in [-0.25, -0.2) is 0 Å². The number of amides is 1. The van der Waals surface area contributed by atoms with Gasteiger partial charge in [0.15, 0.2) is 12.6 Å². The van der Waals surface area contributed by atoms with Crippen LogP contribution in [0.4, 0.5) is 0 Å². The number of ether oxygens (including phenoxy) is 4. The zero-order valence-corrected chi connectivity index (χ0v) is 49.8. The molecule has 0 aromatic heterocycles. The molecule has 2 saturated heterocycles. The molecule has 12 atom stereocenters. The number of aliphatic hydroxyl groups is 8. The predicted molar refractivity (Wildman–Crippen MR) is 323 cm³/mol. The van der Waals surface area contributed by atoms with Crippen LogP contribution in [-0.2, 0) is 23.7 Å². The first kappa shape index (κ1) is 73.3. The minimum atomic E-state index is -1.79. The molecule has 0 spiro atoms. The largest absolute Gasteiger partial charge is 0.394 e. The third kappa shape index (κ3) is 35.3. The van der Waals surface area contributed by atoms with E-state index in [1.807, 2.05) is 6.08 Å². The molecule has 2 fully saturated rings. The third-order valence-corrected chi connectivity index (χ3v) is 15.1. The molecular formula is C66H115NO13. The molecule has 14 heteroatoms. The molecule has 0 aromatic carbocycles. The molecule has 0 aromatic rings. The van der Waals surface area contributed by atoms with E-state index in [9.17, 15) is 45.6 Å². The van der Waals surface area contributed by atoms with Gasteiger partial charge in [0, 0.05) is 6.42 Å². The monoisotopic (exact) mass is 1130 g/mol. The fraction of sp³-hybridized carbons (Fsp3) is 0.773. The van der Waals surface area contributed by atoms with E-state index in [1.165, 1.54) is 109 Å². The molecule has 2 heterocycles. The third-order valence-electron chi connectivity index (χ3n) is 15.1. The average Bonchev–Trinajstić information content (AvgIpc) is 3.49. The molecule has 2 aliphatic heterocycles. The fourth-order valence-electron chi connectivity index (χ4n) is 10.0. The SMILES string of the molecule is CC/C=C\C/C=C\C/C=C\C/C=C\C/C=C\C/C=C\CCCCCCCCC(=O)NC(COC1OC(CO)C(OC2OC(CO)C(O)C(O)C2O)C(O)C1O)C(O)/C=C/CCCCCCCCCCCCCCCCCCCCC. The number of allylic oxidation sites excluding steroid dienone is 13. The molecule has 0 aliphatic carbocycles. The molecule has 0 bridgehead atoms. The van der Waals surface area contributed by atoms with Crippen molar-refractivity contribution in [1.82, 2.24) is 5.32 Å². The van der Waals surface area contributed by atoms with Crippen molar-refractivity contribution in [2.75, 3.05) is 19.8 Å². The van der Waals surface area contributed by atoms with E-state index >= 15 is 0 Å². The molecule has 2 rings (SSSR count). The number of carbonyl (C=O) groups excluding carboxylic acids is 1. The van der Waals surface area contributed by atoms with Gasteiger partial charge in [0.2, 0.25) is 5.91 Å². The van der Waals surface area contributed by atoms with Gasteiger partial charge in [0.25, 0.3) is 0 Å².